The second-order valence-electron chi connectivity index (χ2n) is 5.76. The SMILES string of the molecule is O=C(O)[C@@H]1CC(=O)N(c2ccc(OCc3ccc(Cl)cc3Cl)cc2)C1. The van der Waals surface area contributed by atoms with Crippen molar-refractivity contribution in [2.24, 2.45) is 5.92 Å². The minimum atomic E-state index is -0.948. The van der Waals surface area contributed by atoms with E-state index in [9.17, 15) is 9.59 Å². The molecule has 0 spiro atoms. The van der Waals surface area contributed by atoms with Crippen LogP contribution in [0.5, 0.6) is 5.75 Å². The fourth-order valence-corrected chi connectivity index (χ4v) is 3.11. The van der Waals surface area contributed by atoms with Crippen molar-refractivity contribution in [2.75, 3.05) is 11.4 Å². The summed E-state index contributed by atoms with van der Waals surface area (Å²) in [5.41, 5.74) is 1.47. The van der Waals surface area contributed by atoms with Gasteiger partial charge in [0, 0.05) is 34.3 Å². The Hall–Kier alpha value is -2.24. The predicted octanol–water partition coefficient (Wildman–Crippen LogP) is 4.01. The smallest absolute Gasteiger partial charge is 0.308 e. The van der Waals surface area contributed by atoms with Gasteiger partial charge in [0.2, 0.25) is 5.91 Å². The van der Waals surface area contributed by atoms with Crippen molar-refractivity contribution in [1.82, 2.24) is 0 Å². The van der Waals surface area contributed by atoms with Crippen molar-refractivity contribution in [3.05, 3.63) is 58.1 Å². The van der Waals surface area contributed by atoms with Gasteiger partial charge in [-0.25, -0.2) is 0 Å². The minimum Gasteiger partial charge on any atom is -0.489 e. The molecule has 0 unspecified atom stereocenters. The zero-order chi connectivity index (χ0) is 18.0. The third-order valence-corrected chi connectivity index (χ3v) is 4.62. The first-order chi connectivity index (χ1) is 11.9. The van der Waals surface area contributed by atoms with E-state index >= 15 is 0 Å². The monoisotopic (exact) mass is 379 g/mol. The summed E-state index contributed by atoms with van der Waals surface area (Å²) in [6.07, 6.45) is 0.0304. The molecule has 1 amide bonds. The van der Waals surface area contributed by atoms with E-state index in [2.05, 4.69) is 0 Å². The molecule has 1 heterocycles. The molecule has 1 fully saturated rings. The highest BCUT2D eigenvalue weighted by atomic mass is 35.5. The normalized spacial score (nSPS) is 17.0. The molecule has 1 atom stereocenters. The molecule has 0 aromatic heterocycles. The lowest BCUT2D eigenvalue weighted by Gasteiger charge is -2.16. The van der Waals surface area contributed by atoms with E-state index in [4.69, 9.17) is 33.0 Å². The zero-order valence-electron chi connectivity index (χ0n) is 13.1. The number of benzene rings is 2. The third-order valence-electron chi connectivity index (χ3n) is 4.03. The number of anilines is 1. The maximum atomic E-state index is 12.0. The van der Waals surface area contributed by atoms with Gasteiger partial charge in [-0.15, -0.1) is 0 Å². The van der Waals surface area contributed by atoms with Crippen LogP contribution in [0.25, 0.3) is 0 Å². The highest BCUT2D eigenvalue weighted by molar-refractivity contribution is 6.35. The van der Waals surface area contributed by atoms with Crippen molar-refractivity contribution in [3.63, 3.8) is 0 Å². The number of nitrogens with zero attached hydrogens (tertiary/aromatic N) is 1. The number of carboxylic acid groups (broad SMARTS) is 1. The number of carboxylic acids is 1. The topological polar surface area (TPSA) is 66.8 Å². The molecule has 3 rings (SSSR count). The van der Waals surface area contributed by atoms with E-state index in [1.165, 1.54) is 4.90 Å². The lowest BCUT2D eigenvalue weighted by molar-refractivity contribution is -0.141. The van der Waals surface area contributed by atoms with E-state index in [1.807, 2.05) is 0 Å². The Morgan fingerprint density at radius 2 is 1.92 bits per heavy atom. The Kier molecular flexibility index (Phi) is 5.16. The van der Waals surface area contributed by atoms with Crippen LogP contribution in [0.2, 0.25) is 10.0 Å². The van der Waals surface area contributed by atoms with Gasteiger partial charge in [-0.1, -0.05) is 29.3 Å². The van der Waals surface area contributed by atoms with Crippen LogP contribution in [0.15, 0.2) is 42.5 Å². The van der Waals surface area contributed by atoms with Crippen LogP contribution in [0.3, 0.4) is 0 Å². The minimum absolute atomic E-state index is 0.0304. The Morgan fingerprint density at radius 1 is 1.20 bits per heavy atom. The summed E-state index contributed by atoms with van der Waals surface area (Å²) >= 11 is 12.0. The molecule has 1 aliphatic heterocycles. The summed E-state index contributed by atoms with van der Waals surface area (Å²) in [6.45, 7) is 0.480. The second kappa shape index (κ2) is 7.33. The lowest BCUT2D eigenvalue weighted by atomic mass is 10.1. The van der Waals surface area contributed by atoms with E-state index in [1.54, 1.807) is 42.5 Å². The van der Waals surface area contributed by atoms with Gasteiger partial charge in [-0.05, 0) is 36.4 Å². The van der Waals surface area contributed by atoms with Crippen molar-refractivity contribution in [3.8, 4) is 5.75 Å². The van der Waals surface area contributed by atoms with Gasteiger partial charge in [-0.2, -0.15) is 0 Å². The van der Waals surface area contributed by atoms with Crippen LogP contribution in [-0.2, 0) is 16.2 Å². The van der Waals surface area contributed by atoms with Gasteiger partial charge in [0.15, 0.2) is 0 Å². The maximum absolute atomic E-state index is 12.0. The van der Waals surface area contributed by atoms with E-state index < -0.39 is 11.9 Å². The quantitative estimate of drug-likeness (QED) is 0.851. The van der Waals surface area contributed by atoms with Crippen LogP contribution in [-0.4, -0.2) is 23.5 Å². The predicted molar refractivity (Wildman–Crippen MR) is 95.3 cm³/mol. The first-order valence-electron chi connectivity index (χ1n) is 7.64. The summed E-state index contributed by atoms with van der Waals surface area (Å²) in [6, 6.07) is 12.1. The fourth-order valence-electron chi connectivity index (χ4n) is 2.64. The number of carbonyl (C=O) groups is 2. The van der Waals surface area contributed by atoms with Crippen LogP contribution in [0.4, 0.5) is 5.69 Å². The molecule has 1 saturated heterocycles. The first kappa shape index (κ1) is 17.6. The molecular formula is C18H15Cl2NO4. The summed E-state index contributed by atoms with van der Waals surface area (Å²) < 4.78 is 5.69. The molecule has 0 aliphatic carbocycles. The Bertz CT molecular complexity index is 807. The number of amides is 1. The molecule has 0 radical (unpaired) electrons. The molecule has 7 heteroatoms. The molecule has 130 valence electrons. The largest absolute Gasteiger partial charge is 0.489 e. The molecule has 5 nitrogen and oxygen atoms in total. The highest BCUT2D eigenvalue weighted by Gasteiger charge is 2.34. The zero-order valence-corrected chi connectivity index (χ0v) is 14.6. The summed E-state index contributed by atoms with van der Waals surface area (Å²) in [4.78, 5) is 24.5. The standard InChI is InChI=1S/C18H15Cl2NO4/c19-13-2-1-11(16(20)8-13)10-25-15-5-3-14(4-6-15)21-9-12(18(23)24)7-17(21)22/h1-6,8,12H,7,9-10H2,(H,23,24)/t12-/m1/s1. The number of hydrogen-bond donors (Lipinski definition) is 1. The number of hydrogen-bond acceptors (Lipinski definition) is 3. The van der Waals surface area contributed by atoms with Crippen LogP contribution in [0, 0.1) is 5.92 Å². The average molecular weight is 380 g/mol. The summed E-state index contributed by atoms with van der Waals surface area (Å²) in [5.74, 6) is -1.17. The number of carbonyl (C=O) groups excluding carboxylic acids is 1. The van der Waals surface area contributed by atoms with Crippen molar-refractivity contribution < 1.29 is 19.4 Å². The first-order valence-corrected chi connectivity index (χ1v) is 8.39. The third kappa shape index (κ3) is 4.06. The van der Waals surface area contributed by atoms with E-state index in [0.29, 0.717) is 28.1 Å². The van der Waals surface area contributed by atoms with Crippen molar-refractivity contribution >= 4 is 40.8 Å². The molecule has 1 aliphatic rings. The van der Waals surface area contributed by atoms with Gasteiger partial charge >= 0.3 is 5.97 Å². The Labute approximate surface area is 154 Å². The van der Waals surface area contributed by atoms with Gasteiger partial charge in [-0.3, -0.25) is 9.59 Å². The van der Waals surface area contributed by atoms with Crippen molar-refractivity contribution in [2.45, 2.75) is 13.0 Å². The Morgan fingerprint density at radius 3 is 2.52 bits per heavy atom. The summed E-state index contributed by atoms with van der Waals surface area (Å²) in [5, 5.41) is 10.1. The molecule has 0 saturated carbocycles. The number of aliphatic carboxylic acids is 1. The number of ether oxygens (including phenoxy) is 1. The average Bonchev–Trinajstić information content (AvgIpc) is 2.97. The molecule has 0 bridgehead atoms. The van der Waals surface area contributed by atoms with E-state index in [0.717, 1.165) is 5.56 Å². The van der Waals surface area contributed by atoms with Crippen LogP contribution >= 0.6 is 23.2 Å². The highest BCUT2D eigenvalue weighted by Crippen LogP contribution is 2.28. The van der Waals surface area contributed by atoms with Gasteiger partial charge < -0.3 is 14.7 Å². The maximum Gasteiger partial charge on any atom is 0.308 e. The van der Waals surface area contributed by atoms with Gasteiger partial charge in [0.1, 0.15) is 12.4 Å². The lowest BCUT2D eigenvalue weighted by Crippen LogP contribution is -2.25. The van der Waals surface area contributed by atoms with Gasteiger partial charge in [0.25, 0.3) is 0 Å². The van der Waals surface area contributed by atoms with E-state index in [-0.39, 0.29) is 18.9 Å². The second-order valence-corrected chi connectivity index (χ2v) is 6.61. The Balaban J connectivity index is 1.64. The van der Waals surface area contributed by atoms with Crippen molar-refractivity contribution in [1.29, 1.82) is 0 Å². The molecular weight excluding hydrogens is 365 g/mol. The number of halogens is 2. The molecule has 2 aromatic carbocycles. The molecule has 25 heavy (non-hydrogen) atoms. The summed E-state index contributed by atoms with van der Waals surface area (Å²) in [7, 11) is 0. The van der Waals surface area contributed by atoms with Gasteiger partial charge in [0.05, 0.1) is 5.92 Å². The van der Waals surface area contributed by atoms with Crippen LogP contribution in [0.1, 0.15) is 12.0 Å². The number of rotatable bonds is 5. The van der Waals surface area contributed by atoms with Crippen LogP contribution < -0.4 is 9.64 Å². The molecule has 1 N–H and O–H groups in total. The molecule has 2 aromatic rings. The fraction of sp³-hybridized carbons (Fsp3) is 0.222.